The van der Waals surface area contributed by atoms with Crippen molar-refractivity contribution < 1.29 is 9.53 Å². The minimum Gasteiger partial charge on any atom is -0.495 e. The Morgan fingerprint density at radius 3 is 2.77 bits per heavy atom. The highest BCUT2D eigenvalue weighted by molar-refractivity contribution is 5.97. The molecule has 2 aromatic heterocycles. The van der Waals surface area contributed by atoms with Gasteiger partial charge in [0.05, 0.1) is 18.5 Å². The fourth-order valence-corrected chi connectivity index (χ4v) is 3.78. The lowest BCUT2D eigenvalue weighted by Gasteiger charge is -2.20. The van der Waals surface area contributed by atoms with E-state index in [9.17, 15) is 9.59 Å². The molecule has 0 spiro atoms. The number of para-hydroxylation sites is 2. The Hall–Kier alpha value is -3.68. The number of aromatic nitrogens is 3. The number of amides is 1. The van der Waals surface area contributed by atoms with Crippen molar-refractivity contribution in [1.82, 2.24) is 15.0 Å². The molecule has 8 heteroatoms. The van der Waals surface area contributed by atoms with Crippen molar-refractivity contribution in [2.24, 2.45) is 0 Å². The standard InChI is InChI=1S/C23H25N5O3/c1-27(12-10-17-7-5-6-11-24-17)23-25-18(14-21(29)26-23)16-13-22(30)28(15-16)19-8-3-4-9-20(19)31-2/h3-9,11,14,16H,10,12-13,15H2,1-2H3,(H,25,26,29). The van der Waals surface area contributed by atoms with E-state index in [1.165, 1.54) is 6.07 Å². The molecule has 4 rings (SSSR count). The number of pyridine rings is 1. The SMILES string of the molecule is COc1ccccc1N1CC(c2cc(=O)[nH]c(N(C)CCc3ccccn3)n2)CC1=O. The third-order valence-electron chi connectivity index (χ3n) is 5.46. The van der Waals surface area contributed by atoms with Crippen LogP contribution in [0.15, 0.2) is 59.5 Å². The molecule has 1 aliphatic rings. The van der Waals surface area contributed by atoms with Crippen molar-refractivity contribution in [2.75, 3.05) is 37.0 Å². The molecule has 1 N–H and O–H groups in total. The number of hydrogen-bond donors (Lipinski definition) is 1. The first kappa shape index (κ1) is 20.6. The van der Waals surface area contributed by atoms with Crippen molar-refractivity contribution in [3.05, 3.63) is 76.5 Å². The maximum atomic E-state index is 12.7. The Kier molecular flexibility index (Phi) is 5.97. The molecule has 0 radical (unpaired) electrons. The van der Waals surface area contributed by atoms with Gasteiger partial charge in [0.1, 0.15) is 5.75 Å². The van der Waals surface area contributed by atoms with Crippen LogP contribution >= 0.6 is 0 Å². The van der Waals surface area contributed by atoms with Gasteiger partial charge in [0.25, 0.3) is 5.56 Å². The van der Waals surface area contributed by atoms with E-state index in [1.807, 2.05) is 54.4 Å². The first-order valence-corrected chi connectivity index (χ1v) is 10.2. The first-order chi connectivity index (χ1) is 15.0. The maximum absolute atomic E-state index is 12.7. The van der Waals surface area contributed by atoms with E-state index in [-0.39, 0.29) is 17.4 Å². The van der Waals surface area contributed by atoms with E-state index in [0.717, 1.165) is 17.8 Å². The van der Waals surface area contributed by atoms with Crippen LogP contribution in [0.5, 0.6) is 5.75 Å². The van der Waals surface area contributed by atoms with Gasteiger partial charge in [0.15, 0.2) is 0 Å². The van der Waals surface area contributed by atoms with Gasteiger partial charge in [-0.1, -0.05) is 18.2 Å². The molecule has 0 bridgehead atoms. The van der Waals surface area contributed by atoms with Crippen molar-refractivity contribution in [3.8, 4) is 5.75 Å². The van der Waals surface area contributed by atoms with Gasteiger partial charge >= 0.3 is 0 Å². The third-order valence-corrected chi connectivity index (χ3v) is 5.46. The number of anilines is 2. The molecule has 0 aliphatic carbocycles. The molecule has 1 aliphatic heterocycles. The number of benzene rings is 1. The third kappa shape index (κ3) is 4.58. The summed E-state index contributed by atoms with van der Waals surface area (Å²) < 4.78 is 5.40. The Balaban J connectivity index is 1.52. The summed E-state index contributed by atoms with van der Waals surface area (Å²) in [4.78, 5) is 40.5. The van der Waals surface area contributed by atoms with E-state index >= 15 is 0 Å². The summed E-state index contributed by atoms with van der Waals surface area (Å²) in [5.74, 6) is 0.955. The fraction of sp³-hybridized carbons (Fsp3) is 0.304. The Morgan fingerprint density at radius 2 is 2.00 bits per heavy atom. The number of H-pyrrole nitrogens is 1. The minimum absolute atomic E-state index is 0.0124. The first-order valence-electron chi connectivity index (χ1n) is 10.2. The number of aromatic amines is 1. The molecule has 31 heavy (non-hydrogen) atoms. The molecular formula is C23H25N5O3. The predicted molar refractivity (Wildman–Crippen MR) is 119 cm³/mol. The van der Waals surface area contributed by atoms with E-state index in [4.69, 9.17) is 4.74 Å². The molecule has 3 heterocycles. The van der Waals surface area contributed by atoms with Crippen LogP contribution in [0, 0.1) is 0 Å². The molecule has 1 atom stereocenters. The smallest absolute Gasteiger partial charge is 0.252 e. The van der Waals surface area contributed by atoms with E-state index in [2.05, 4.69) is 15.0 Å². The molecule has 1 amide bonds. The summed E-state index contributed by atoms with van der Waals surface area (Å²) in [6.45, 7) is 1.10. The molecule has 0 saturated carbocycles. The molecule has 1 aromatic carbocycles. The monoisotopic (exact) mass is 419 g/mol. The highest BCUT2D eigenvalue weighted by atomic mass is 16.5. The number of methoxy groups -OCH3 is 1. The summed E-state index contributed by atoms with van der Waals surface area (Å²) in [5.41, 5.74) is 2.10. The zero-order valence-electron chi connectivity index (χ0n) is 17.6. The Morgan fingerprint density at radius 1 is 1.19 bits per heavy atom. The van der Waals surface area contributed by atoms with E-state index in [1.54, 1.807) is 18.2 Å². The zero-order valence-corrected chi connectivity index (χ0v) is 17.6. The van der Waals surface area contributed by atoms with Gasteiger partial charge in [0.2, 0.25) is 11.9 Å². The lowest BCUT2D eigenvalue weighted by Crippen LogP contribution is -2.27. The van der Waals surface area contributed by atoms with Crippen LogP contribution in [-0.4, -0.2) is 48.1 Å². The van der Waals surface area contributed by atoms with Crippen molar-refractivity contribution in [1.29, 1.82) is 0 Å². The van der Waals surface area contributed by atoms with Crippen LogP contribution in [0.1, 0.15) is 23.7 Å². The molecule has 1 saturated heterocycles. The van der Waals surface area contributed by atoms with Gasteiger partial charge in [-0.3, -0.25) is 19.6 Å². The number of nitrogens with zero attached hydrogens (tertiary/aromatic N) is 4. The van der Waals surface area contributed by atoms with Gasteiger partial charge < -0.3 is 14.5 Å². The van der Waals surface area contributed by atoms with Gasteiger partial charge in [-0.15, -0.1) is 0 Å². The van der Waals surface area contributed by atoms with Crippen LogP contribution in [0.4, 0.5) is 11.6 Å². The number of carbonyl (C=O) groups excluding carboxylic acids is 1. The van der Waals surface area contributed by atoms with Crippen LogP contribution in [0.25, 0.3) is 0 Å². The number of rotatable bonds is 7. The van der Waals surface area contributed by atoms with Crippen LogP contribution in [-0.2, 0) is 11.2 Å². The normalized spacial score (nSPS) is 15.9. The number of likely N-dealkylation sites (N-methyl/N-ethyl adjacent to an activating group) is 1. The van der Waals surface area contributed by atoms with Crippen LogP contribution in [0.3, 0.4) is 0 Å². The largest absolute Gasteiger partial charge is 0.495 e. The molecule has 8 nitrogen and oxygen atoms in total. The second kappa shape index (κ2) is 8.99. The van der Waals surface area contributed by atoms with E-state index < -0.39 is 0 Å². The fourth-order valence-electron chi connectivity index (χ4n) is 3.78. The maximum Gasteiger partial charge on any atom is 0.252 e. The van der Waals surface area contributed by atoms with Crippen LogP contribution in [0.2, 0.25) is 0 Å². The summed E-state index contributed by atoms with van der Waals surface area (Å²) in [5, 5.41) is 0. The van der Waals surface area contributed by atoms with Gasteiger partial charge in [-0.05, 0) is 24.3 Å². The zero-order chi connectivity index (χ0) is 21.8. The van der Waals surface area contributed by atoms with Crippen LogP contribution < -0.4 is 20.1 Å². The lowest BCUT2D eigenvalue weighted by atomic mass is 10.0. The lowest BCUT2D eigenvalue weighted by molar-refractivity contribution is -0.117. The molecular weight excluding hydrogens is 394 g/mol. The Bertz CT molecular complexity index is 1120. The summed E-state index contributed by atoms with van der Waals surface area (Å²) >= 11 is 0. The predicted octanol–water partition coefficient (Wildman–Crippen LogP) is 2.37. The number of ether oxygens (including phenoxy) is 1. The second-order valence-electron chi connectivity index (χ2n) is 7.56. The number of hydrogen-bond acceptors (Lipinski definition) is 6. The molecule has 1 unspecified atom stereocenters. The van der Waals surface area contributed by atoms with Gasteiger partial charge in [0, 0.05) is 56.9 Å². The van der Waals surface area contributed by atoms with Crippen molar-refractivity contribution in [2.45, 2.75) is 18.8 Å². The highest BCUT2D eigenvalue weighted by Gasteiger charge is 2.34. The van der Waals surface area contributed by atoms with Gasteiger partial charge in [-0.25, -0.2) is 4.98 Å². The molecule has 1 fully saturated rings. The minimum atomic E-state index is -0.229. The second-order valence-corrected chi connectivity index (χ2v) is 7.56. The quantitative estimate of drug-likeness (QED) is 0.632. The van der Waals surface area contributed by atoms with Crippen molar-refractivity contribution in [3.63, 3.8) is 0 Å². The number of carbonyl (C=O) groups is 1. The average Bonchev–Trinajstić information content (AvgIpc) is 3.19. The summed E-state index contributed by atoms with van der Waals surface area (Å²) in [7, 11) is 3.47. The molecule has 3 aromatic rings. The van der Waals surface area contributed by atoms with Crippen molar-refractivity contribution >= 4 is 17.5 Å². The topological polar surface area (TPSA) is 91.4 Å². The summed E-state index contributed by atoms with van der Waals surface area (Å²) in [6, 6.07) is 14.7. The Labute approximate surface area is 180 Å². The average molecular weight is 419 g/mol. The molecule has 160 valence electrons. The van der Waals surface area contributed by atoms with E-state index in [0.29, 0.717) is 36.9 Å². The highest BCUT2D eigenvalue weighted by Crippen LogP contribution is 2.35. The number of nitrogens with one attached hydrogen (secondary N) is 1. The summed E-state index contributed by atoms with van der Waals surface area (Å²) in [6.07, 6.45) is 2.79. The van der Waals surface area contributed by atoms with Gasteiger partial charge in [-0.2, -0.15) is 0 Å².